The zero-order chi connectivity index (χ0) is 18.5. The van der Waals surface area contributed by atoms with Gasteiger partial charge in [-0.1, -0.05) is 66.7 Å². The Bertz CT molecular complexity index is 1080. The van der Waals surface area contributed by atoms with Crippen molar-refractivity contribution in [1.82, 2.24) is 15.0 Å². The molecular formula is C22H18N4O. The van der Waals surface area contributed by atoms with E-state index in [2.05, 4.69) is 27.6 Å². The van der Waals surface area contributed by atoms with Crippen molar-refractivity contribution in [3.05, 3.63) is 90.8 Å². The number of benzene rings is 3. The van der Waals surface area contributed by atoms with E-state index in [1.807, 2.05) is 66.7 Å². The van der Waals surface area contributed by atoms with Crippen LogP contribution >= 0.6 is 0 Å². The maximum absolute atomic E-state index is 12.1. The molecule has 3 aromatic carbocycles. The quantitative estimate of drug-likeness (QED) is 0.437. The highest BCUT2D eigenvalue weighted by atomic mass is 16.2. The number of aromatic nitrogens is 2. The summed E-state index contributed by atoms with van der Waals surface area (Å²) in [5.41, 5.74) is 7.58. The van der Waals surface area contributed by atoms with E-state index < -0.39 is 0 Å². The van der Waals surface area contributed by atoms with Gasteiger partial charge in [0.2, 0.25) is 0 Å². The third-order valence-corrected chi connectivity index (χ3v) is 4.26. The van der Waals surface area contributed by atoms with E-state index in [0.717, 1.165) is 22.2 Å². The van der Waals surface area contributed by atoms with Gasteiger partial charge in [0.05, 0.1) is 23.6 Å². The molecule has 0 atom stereocenters. The molecule has 0 spiro atoms. The van der Waals surface area contributed by atoms with Crippen molar-refractivity contribution in [1.29, 1.82) is 0 Å². The molecule has 0 aliphatic carbocycles. The van der Waals surface area contributed by atoms with E-state index >= 15 is 0 Å². The van der Waals surface area contributed by atoms with E-state index in [0.29, 0.717) is 0 Å². The summed E-state index contributed by atoms with van der Waals surface area (Å²) < 4.78 is 1.80. The molecule has 4 rings (SSSR count). The SMILES string of the molecule is O=C(Cn1cnc2ccccc21)N/N=C\c1ccc(-c2ccccc2)cc1. The second-order valence-electron chi connectivity index (χ2n) is 6.14. The Hall–Kier alpha value is -3.73. The van der Waals surface area contributed by atoms with Crippen LogP contribution in [0.2, 0.25) is 0 Å². The second-order valence-corrected chi connectivity index (χ2v) is 6.14. The van der Waals surface area contributed by atoms with Gasteiger partial charge in [-0.3, -0.25) is 4.79 Å². The van der Waals surface area contributed by atoms with Gasteiger partial charge in [-0.05, 0) is 28.8 Å². The van der Waals surface area contributed by atoms with E-state index in [1.54, 1.807) is 17.1 Å². The standard InChI is InChI=1S/C22H18N4O/c27-22(15-26-16-23-20-8-4-5-9-21(20)26)25-24-14-17-10-12-19(13-11-17)18-6-2-1-3-7-18/h1-14,16H,15H2,(H,25,27)/b24-14-. The highest BCUT2D eigenvalue weighted by Gasteiger charge is 2.05. The predicted molar refractivity (Wildman–Crippen MR) is 107 cm³/mol. The molecule has 5 nitrogen and oxygen atoms in total. The molecule has 0 saturated carbocycles. The Kier molecular flexibility index (Phi) is 4.74. The van der Waals surface area contributed by atoms with Gasteiger partial charge in [0.15, 0.2) is 0 Å². The first-order chi connectivity index (χ1) is 13.3. The molecule has 1 heterocycles. The molecule has 1 N–H and O–H groups in total. The number of fused-ring (bicyclic) bond motifs is 1. The summed E-state index contributed by atoms with van der Waals surface area (Å²) >= 11 is 0. The van der Waals surface area contributed by atoms with Crippen molar-refractivity contribution in [2.75, 3.05) is 0 Å². The fraction of sp³-hybridized carbons (Fsp3) is 0.0455. The lowest BCUT2D eigenvalue weighted by atomic mass is 10.0. The van der Waals surface area contributed by atoms with Crippen LogP contribution in [0.15, 0.2) is 90.3 Å². The number of rotatable bonds is 5. The highest BCUT2D eigenvalue weighted by Crippen LogP contribution is 2.18. The van der Waals surface area contributed by atoms with Gasteiger partial charge < -0.3 is 4.57 Å². The Balaban J connectivity index is 1.36. The van der Waals surface area contributed by atoms with Crippen LogP contribution in [0.4, 0.5) is 0 Å². The van der Waals surface area contributed by atoms with Crippen LogP contribution in [-0.4, -0.2) is 21.7 Å². The van der Waals surface area contributed by atoms with E-state index in [1.165, 1.54) is 5.56 Å². The molecule has 0 aliphatic heterocycles. The smallest absolute Gasteiger partial charge is 0.260 e. The lowest BCUT2D eigenvalue weighted by molar-refractivity contribution is -0.121. The van der Waals surface area contributed by atoms with Crippen molar-refractivity contribution in [2.45, 2.75) is 6.54 Å². The molecule has 1 aromatic heterocycles. The third-order valence-electron chi connectivity index (χ3n) is 4.26. The van der Waals surface area contributed by atoms with E-state index in [-0.39, 0.29) is 12.5 Å². The topological polar surface area (TPSA) is 59.3 Å². The van der Waals surface area contributed by atoms with Crippen molar-refractivity contribution >= 4 is 23.2 Å². The molecule has 5 heteroatoms. The number of nitrogens with one attached hydrogen (secondary N) is 1. The first-order valence-electron chi connectivity index (χ1n) is 8.67. The fourth-order valence-electron chi connectivity index (χ4n) is 2.90. The van der Waals surface area contributed by atoms with Gasteiger partial charge in [-0.25, -0.2) is 10.4 Å². The Morgan fingerprint density at radius 2 is 1.63 bits per heavy atom. The lowest BCUT2D eigenvalue weighted by Gasteiger charge is -2.03. The molecule has 27 heavy (non-hydrogen) atoms. The number of hydrazone groups is 1. The van der Waals surface area contributed by atoms with Crippen LogP contribution in [0.25, 0.3) is 22.2 Å². The van der Waals surface area contributed by atoms with Crippen LogP contribution in [0, 0.1) is 0 Å². The minimum Gasteiger partial charge on any atom is -0.321 e. The summed E-state index contributed by atoms with van der Waals surface area (Å²) in [4.78, 5) is 16.4. The molecule has 0 unspecified atom stereocenters. The normalized spacial score (nSPS) is 11.1. The molecule has 1 amide bonds. The van der Waals surface area contributed by atoms with Gasteiger partial charge in [0, 0.05) is 0 Å². The second kappa shape index (κ2) is 7.66. The van der Waals surface area contributed by atoms with E-state index in [4.69, 9.17) is 0 Å². The van der Waals surface area contributed by atoms with Crippen LogP contribution in [0.5, 0.6) is 0 Å². The minimum atomic E-state index is -0.199. The van der Waals surface area contributed by atoms with Crippen LogP contribution in [0.3, 0.4) is 0 Å². The zero-order valence-corrected chi connectivity index (χ0v) is 14.6. The number of carbonyl (C=O) groups excluding carboxylic acids is 1. The largest absolute Gasteiger partial charge is 0.321 e. The first-order valence-corrected chi connectivity index (χ1v) is 8.67. The van der Waals surface area contributed by atoms with Gasteiger partial charge in [0.1, 0.15) is 6.54 Å². The zero-order valence-electron chi connectivity index (χ0n) is 14.6. The maximum Gasteiger partial charge on any atom is 0.260 e. The van der Waals surface area contributed by atoms with Gasteiger partial charge in [-0.15, -0.1) is 0 Å². The molecule has 0 bridgehead atoms. The Morgan fingerprint density at radius 1 is 0.926 bits per heavy atom. The molecule has 0 aliphatic rings. The maximum atomic E-state index is 12.1. The van der Waals surface area contributed by atoms with E-state index in [9.17, 15) is 4.79 Å². The van der Waals surface area contributed by atoms with Gasteiger partial charge in [-0.2, -0.15) is 5.10 Å². The average Bonchev–Trinajstić information content (AvgIpc) is 3.12. The molecule has 0 radical (unpaired) electrons. The van der Waals surface area contributed by atoms with Crippen molar-refractivity contribution in [2.24, 2.45) is 5.10 Å². The summed E-state index contributed by atoms with van der Waals surface area (Å²) in [5, 5.41) is 4.05. The molecule has 132 valence electrons. The average molecular weight is 354 g/mol. The van der Waals surface area contributed by atoms with Crippen molar-refractivity contribution < 1.29 is 4.79 Å². The summed E-state index contributed by atoms with van der Waals surface area (Å²) in [7, 11) is 0. The van der Waals surface area contributed by atoms with Gasteiger partial charge in [0.25, 0.3) is 5.91 Å². The number of carbonyl (C=O) groups is 1. The lowest BCUT2D eigenvalue weighted by Crippen LogP contribution is -2.22. The van der Waals surface area contributed by atoms with Crippen LogP contribution in [0.1, 0.15) is 5.56 Å². The molecule has 0 saturated heterocycles. The third kappa shape index (κ3) is 3.93. The monoisotopic (exact) mass is 354 g/mol. The Morgan fingerprint density at radius 3 is 2.44 bits per heavy atom. The number of para-hydroxylation sites is 2. The number of amides is 1. The summed E-state index contributed by atoms with van der Waals surface area (Å²) in [6.07, 6.45) is 3.30. The van der Waals surface area contributed by atoms with Crippen LogP contribution < -0.4 is 5.43 Å². The van der Waals surface area contributed by atoms with Crippen molar-refractivity contribution in [3.63, 3.8) is 0 Å². The Labute approximate surface area is 157 Å². The predicted octanol–water partition coefficient (Wildman–Crippen LogP) is 3.85. The summed E-state index contributed by atoms with van der Waals surface area (Å²) in [6.45, 7) is 0.171. The van der Waals surface area contributed by atoms with Crippen molar-refractivity contribution in [3.8, 4) is 11.1 Å². The molecular weight excluding hydrogens is 336 g/mol. The number of nitrogens with zero attached hydrogens (tertiary/aromatic N) is 3. The van der Waals surface area contributed by atoms with Crippen LogP contribution in [-0.2, 0) is 11.3 Å². The summed E-state index contributed by atoms with van der Waals surface area (Å²) in [5.74, 6) is -0.199. The number of hydrogen-bond acceptors (Lipinski definition) is 3. The highest BCUT2D eigenvalue weighted by molar-refractivity contribution is 5.84. The summed E-state index contributed by atoms with van der Waals surface area (Å²) in [6, 6.07) is 25.9. The minimum absolute atomic E-state index is 0.171. The number of hydrogen-bond donors (Lipinski definition) is 1. The molecule has 4 aromatic rings. The van der Waals surface area contributed by atoms with Gasteiger partial charge >= 0.3 is 0 Å². The number of imidazole rings is 1. The fourth-order valence-corrected chi connectivity index (χ4v) is 2.90. The first kappa shape index (κ1) is 16.7. The molecule has 0 fully saturated rings.